The standard InChI is InChI=1S/C32H50FN3O8/c1-22(21-42-30(39)36-14-12-25(33)20-36)7-6-8-23(2)29-24(3)9-10-27(43-31(40)35-17-15-34(5)16-18-35)32(4,41)13-11-26(37)19-28(38)44-29/h6-10,22,24-27,29,37,41H,11-21H2,1-5H3/b7-6+,10-9+,23-8+/t22-,24+,25+,26-,27+,29-,32-/m1/s1. The summed E-state index contributed by atoms with van der Waals surface area (Å²) >= 11 is 0. The van der Waals surface area contributed by atoms with Crippen molar-refractivity contribution in [1.29, 1.82) is 0 Å². The third kappa shape index (κ3) is 10.9. The lowest BCUT2D eigenvalue weighted by atomic mass is 9.89. The average Bonchev–Trinajstić information content (AvgIpc) is 3.41. The molecule has 0 bridgehead atoms. The molecule has 0 aromatic rings. The van der Waals surface area contributed by atoms with Crippen molar-refractivity contribution in [3.05, 3.63) is 36.0 Å². The maximum absolute atomic E-state index is 13.4. The van der Waals surface area contributed by atoms with Crippen molar-refractivity contribution < 1.29 is 43.2 Å². The van der Waals surface area contributed by atoms with Crippen molar-refractivity contribution in [2.75, 3.05) is 52.9 Å². The van der Waals surface area contributed by atoms with Crippen LogP contribution in [0.1, 0.15) is 53.4 Å². The maximum Gasteiger partial charge on any atom is 0.410 e. The SMILES string of the molecule is C/C(=C\C=C\[C@@H](C)COC(=O)N1CC[C@H](F)C1)[C@H]1OC(=O)C[C@H](O)CC[C@@](C)(O)[C@@H](OC(=O)N2CCN(C)CC2)/C=C/[C@@H]1C. The quantitative estimate of drug-likeness (QED) is 0.198. The van der Waals surface area contributed by atoms with Crippen molar-refractivity contribution in [1.82, 2.24) is 14.7 Å². The van der Waals surface area contributed by atoms with E-state index < -0.39 is 48.2 Å². The number of likely N-dealkylation sites (tertiary alicyclic amines) is 1. The second-order valence-corrected chi connectivity index (χ2v) is 12.7. The highest BCUT2D eigenvalue weighted by molar-refractivity contribution is 5.70. The summed E-state index contributed by atoms with van der Waals surface area (Å²) in [4.78, 5) is 43.0. The number of esters is 1. The van der Waals surface area contributed by atoms with E-state index in [9.17, 15) is 29.0 Å². The van der Waals surface area contributed by atoms with Crippen molar-refractivity contribution in [2.45, 2.75) is 83.5 Å². The molecule has 0 aromatic carbocycles. The number of hydrogen-bond acceptors (Lipinski definition) is 9. The molecular weight excluding hydrogens is 573 g/mol. The Labute approximate surface area is 260 Å². The van der Waals surface area contributed by atoms with Crippen molar-refractivity contribution >= 4 is 18.2 Å². The average molecular weight is 624 g/mol. The number of carbonyl (C=O) groups is 3. The minimum absolute atomic E-state index is 0.0612. The van der Waals surface area contributed by atoms with Gasteiger partial charge in [-0.2, -0.15) is 0 Å². The smallest absolute Gasteiger partial charge is 0.410 e. The fraction of sp³-hybridized carbons (Fsp3) is 0.719. The minimum Gasteiger partial charge on any atom is -0.457 e. The summed E-state index contributed by atoms with van der Waals surface area (Å²) < 4.78 is 30.3. The number of aliphatic hydroxyl groups excluding tert-OH is 1. The Bertz CT molecular complexity index is 1070. The van der Waals surface area contributed by atoms with Crippen LogP contribution in [0.5, 0.6) is 0 Å². The third-order valence-electron chi connectivity index (χ3n) is 8.42. The van der Waals surface area contributed by atoms with Gasteiger partial charge in [-0.05, 0) is 51.8 Å². The number of allylic oxidation sites excluding steroid dienone is 2. The number of alkyl halides is 1. The lowest BCUT2D eigenvalue weighted by Crippen LogP contribution is -2.50. The number of rotatable bonds is 6. The van der Waals surface area contributed by atoms with Gasteiger partial charge in [0.15, 0.2) is 6.10 Å². The van der Waals surface area contributed by atoms with Crippen LogP contribution in [0.2, 0.25) is 0 Å². The fourth-order valence-electron chi connectivity index (χ4n) is 5.35. The molecule has 3 aliphatic heterocycles. The van der Waals surface area contributed by atoms with E-state index in [-0.39, 0.29) is 44.2 Å². The molecule has 2 N–H and O–H groups in total. The topological polar surface area (TPSA) is 129 Å². The molecule has 2 fully saturated rings. The van der Waals surface area contributed by atoms with Crippen LogP contribution in [0.25, 0.3) is 0 Å². The van der Waals surface area contributed by atoms with E-state index in [4.69, 9.17) is 14.2 Å². The summed E-state index contributed by atoms with van der Waals surface area (Å²) in [6, 6.07) is 0. The first-order chi connectivity index (χ1) is 20.7. The lowest BCUT2D eigenvalue weighted by Gasteiger charge is -2.36. The van der Waals surface area contributed by atoms with Crippen LogP contribution >= 0.6 is 0 Å². The largest absolute Gasteiger partial charge is 0.457 e. The van der Waals surface area contributed by atoms with E-state index in [1.165, 1.54) is 4.90 Å². The summed E-state index contributed by atoms with van der Waals surface area (Å²) in [6.07, 6.45) is 4.43. The molecule has 3 heterocycles. The molecule has 0 spiro atoms. The zero-order valence-corrected chi connectivity index (χ0v) is 26.7. The van der Waals surface area contributed by atoms with Crippen LogP contribution in [0.15, 0.2) is 36.0 Å². The van der Waals surface area contributed by atoms with Gasteiger partial charge in [-0.15, -0.1) is 0 Å². The molecule has 0 aliphatic carbocycles. The number of nitrogens with zero attached hydrogens (tertiary/aromatic N) is 3. The number of carbonyl (C=O) groups excluding carboxylic acids is 3. The Morgan fingerprint density at radius 3 is 2.52 bits per heavy atom. The van der Waals surface area contributed by atoms with Gasteiger partial charge in [-0.1, -0.05) is 38.2 Å². The Morgan fingerprint density at radius 1 is 1.16 bits per heavy atom. The van der Waals surface area contributed by atoms with Gasteiger partial charge >= 0.3 is 18.2 Å². The zero-order chi connectivity index (χ0) is 32.4. The van der Waals surface area contributed by atoms with Gasteiger partial charge < -0.3 is 39.1 Å². The van der Waals surface area contributed by atoms with Gasteiger partial charge in [0.1, 0.15) is 17.9 Å². The van der Waals surface area contributed by atoms with Crippen molar-refractivity contribution in [3.8, 4) is 0 Å². The molecule has 3 aliphatic rings. The number of likely N-dealkylation sites (N-methyl/N-ethyl adjacent to an activating group) is 1. The molecule has 7 atom stereocenters. The lowest BCUT2D eigenvalue weighted by molar-refractivity contribution is -0.151. The molecule has 0 aromatic heterocycles. The van der Waals surface area contributed by atoms with Crippen LogP contribution in [0.3, 0.4) is 0 Å². The summed E-state index contributed by atoms with van der Waals surface area (Å²) in [5.41, 5.74) is -0.751. The van der Waals surface area contributed by atoms with Crippen LogP contribution in [0.4, 0.5) is 14.0 Å². The van der Waals surface area contributed by atoms with Crippen molar-refractivity contribution in [3.63, 3.8) is 0 Å². The second kappa shape index (κ2) is 16.4. The number of halogens is 1. The molecule has 3 rings (SSSR count). The second-order valence-electron chi connectivity index (χ2n) is 12.7. The number of piperazine rings is 1. The van der Waals surface area contributed by atoms with E-state index in [1.54, 1.807) is 36.1 Å². The number of hydrogen-bond donors (Lipinski definition) is 2. The number of cyclic esters (lactones) is 1. The van der Waals surface area contributed by atoms with E-state index >= 15 is 0 Å². The molecular formula is C32H50FN3O8. The molecule has 2 amide bonds. The van der Waals surface area contributed by atoms with Crippen LogP contribution in [-0.2, 0) is 19.0 Å². The normalized spacial score (nSPS) is 32.9. The zero-order valence-electron chi connectivity index (χ0n) is 26.7. The molecule has 11 nitrogen and oxygen atoms in total. The first-order valence-corrected chi connectivity index (χ1v) is 15.6. The third-order valence-corrected chi connectivity index (χ3v) is 8.42. The van der Waals surface area contributed by atoms with E-state index in [0.717, 1.165) is 18.7 Å². The van der Waals surface area contributed by atoms with Crippen LogP contribution in [-0.4, -0.2) is 126 Å². The van der Waals surface area contributed by atoms with Gasteiger partial charge in [0, 0.05) is 44.6 Å². The molecule has 0 saturated carbocycles. The van der Waals surface area contributed by atoms with Gasteiger partial charge in [-0.3, -0.25) is 4.79 Å². The van der Waals surface area contributed by atoms with Gasteiger partial charge in [-0.25, -0.2) is 14.0 Å². The number of aliphatic hydroxyl groups is 2. The first kappa shape index (κ1) is 35.5. The molecule has 0 unspecified atom stereocenters. The molecule has 0 radical (unpaired) electrons. The maximum atomic E-state index is 13.4. The number of ether oxygens (including phenoxy) is 3. The van der Waals surface area contributed by atoms with E-state index in [1.807, 2.05) is 33.9 Å². The highest BCUT2D eigenvalue weighted by Crippen LogP contribution is 2.27. The predicted molar refractivity (Wildman–Crippen MR) is 162 cm³/mol. The number of amides is 2. The first-order valence-electron chi connectivity index (χ1n) is 15.6. The fourth-order valence-corrected chi connectivity index (χ4v) is 5.35. The Kier molecular flexibility index (Phi) is 13.2. The van der Waals surface area contributed by atoms with Crippen LogP contribution < -0.4 is 0 Å². The minimum atomic E-state index is -1.48. The summed E-state index contributed by atoms with van der Waals surface area (Å²) in [6.45, 7) is 10.2. The summed E-state index contributed by atoms with van der Waals surface area (Å²) in [7, 11) is 1.99. The van der Waals surface area contributed by atoms with Crippen molar-refractivity contribution in [2.24, 2.45) is 11.8 Å². The highest BCUT2D eigenvalue weighted by Gasteiger charge is 2.37. The predicted octanol–water partition coefficient (Wildman–Crippen LogP) is 3.46. The molecule has 12 heteroatoms. The summed E-state index contributed by atoms with van der Waals surface area (Å²) in [5, 5.41) is 21.8. The van der Waals surface area contributed by atoms with Gasteiger partial charge in [0.05, 0.1) is 25.7 Å². The molecule has 2 saturated heterocycles. The Balaban J connectivity index is 1.70. The van der Waals surface area contributed by atoms with E-state index in [2.05, 4.69) is 4.90 Å². The van der Waals surface area contributed by atoms with E-state index in [0.29, 0.717) is 26.1 Å². The van der Waals surface area contributed by atoms with Gasteiger partial charge in [0.2, 0.25) is 0 Å². The van der Waals surface area contributed by atoms with Crippen LogP contribution in [0, 0.1) is 11.8 Å². The molecule has 44 heavy (non-hydrogen) atoms. The monoisotopic (exact) mass is 623 g/mol. The Hall–Kier alpha value is -2.96. The highest BCUT2D eigenvalue weighted by atomic mass is 19.1. The Morgan fingerprint density at radius 2 is 1.86 bits per heavy atom. The summed E-state index contributed by atoms with van der Waals surface area (Å²) in [5.74, 6) is -1.04. The molecule has 248 valence electrons. The van der Waals surface area contributed by atoms with Gasteiger partial charge in [0.25, 0.3) is 0 Å².